The molecular weight excluding hydrogens is 252 g/mol. The van der Waals surface area contributed by atoms with Crippen molar-refractivity contribution in [3.8, 4) is 0 Å². The van der Waals surface area contributed by atoms with E-state index in [0.717, 1.165) is 25.2 Å². The van der Waals surface area contributed by atoms with Crippen LogP contribution >= 0.6 is 11.6 Å². The van der Waals surface area contributed by atoms with Crippen LogP contribution in [0.5, 0.6) is 0 Å². The largest absolute Gasteiger partial charge is 0.481 e. The fourth-order valence-corrected chi connectivity index (χ4v) is 2.53. The lowest BCUT2D eigenvalue weighted by atomic mass is 10.2. The van der Waals surface area contributed by atoms with Gasteiger partial charge in [-0.1, -0.05) is 23.7 Å². The van der Waals surface area contributed by atoms with E-state index in [1.807, 2.05) is 24.3 Å². The number of nitrogens with one attached hydrogen (secondary N) is 1. The first kappa shape index (κ1) is 13.2. The maximum Gasteiger partial charge on any atom is 0.304 e. The maximum atomic E-state index is 10.8. The first-order chi connectivity index (χ1) is 8.66. The summed E-state index contributed by atoms with van der Waals surface area (Å²) in [7, 11) is 0. The second kappa shape index (κ2) is 6.07. The number of hydrogen-bond donors (Lipinski definition) is 2. The van der Waals surface area contributed by atoms with Crippen molar-refractivity contribution in [1.29, 1.82) is 0 Å². The summed E-state index contributed by atoms with van der Waals surface area (Å²) in [6.45, 7) is 2.42. The lowest BCUT2D eigenvalue weighted by Gasteiger charge is -2.26. The Morgan fingerprint density at radius 2 is 2.28 bits per heavy atom. The molecule has 1 aromatic rings. The second-order valence-corrected chi connectivity index (χ2v) is 4.91. The highest BCUT2D eigenvalue weighted by Gasteiger charge is 2.21. The van der Waals surface area contributed by atoms with Gasteiger partial charge < -0.3 is 15.3 Å². The Morgan fingerprint density at radius 1 is 1.50 bits per heavy atom. The van der Waals surface area contributed by atoms with Crippen molar-refractivity contribution in [2.45, 2.75) is 18.9 Å². The van der Waals surface area contributed by atoms with Crippen molar-refractivity contribution >= 4 is 23.3 Å². The molecular formula is C13H17ClN2O2. The Bertz CT molecular complexity index is 425. The summed E-state index contributed by atoms with van der Waals surface area (Å²) in [4.78, 5) is 13.0. The first-order valence-electron chi connectivity index (χ1n) is 6.11. The molecule has 98 valence electrons. The van der Waals surface area contributed by atoms with E-state index in [1.54, 1.807) is 0 Å². The van der Waals surface area contributed by atoms with Crippen molar-refractivity contribution in [2.75, 3.05) is 24.5 Å². The highest BCUT2D eigenvalue weighted by atomic mass is 35.5. The predicted molar refractivity (Wildman–Crippen MR) is 72.3 cm³/mol. The molecule has 5 heteroatoms. The lowest BCUT2D eigenvalue weighted by molar-refractivity contribution is -0.137. The lowest BCUT2D eigenvalue weighted by Crippen LogP contribution is -2.39. The van der Waals surface area contributed by atoms with Gasteiger partial charge in [-0.15, -0.1) is 0 Å². The quantitative estimate of drug-likeness (QED) is 0.880. The smallest absolute Gasteiger partial charge is 0.304 e. The Balaban J connectivity index is 2.12. The van der Waals surface area contributed by atoms with Gasteiger partial charge in [0.2, 0.25) is 0 Å². The third-order valence-electron chi connectivity index (χ3n) is 3.09. The van der Waals surface area contributed by atoms with E-state index in [0.29, 0.717) is 11.6 Å². The SMILES string of the molecule is O=C(O)CC1CN(c2ccccc2Cl)CCCN1. The van der Waals surface area contributed by atoms with E-state index in [1.165, 1.54) is 0 Å². The van der Waals surface area contributed by atoms with Crippen LogP contribution in [0.1, 0.15) is 12.8 Å². The molecule has 0 saturated carbocycles. The van der Waals surface area contributed by atoms with Gasteiger partial charge in [0.1, 0.15) is 0 Å². The van der Waals surface area contributed by atoms with E-state index >= 15 is 0 Å². The molecule has 1 aliphatic rings. The second-order valence-electron chi connectivity index (χ2n) is 4.50. The van der Waals surface area contributed by atoms with E-state index < -0.39 is 5.97 Å². The number of rotatable bonds is 3. The summed E-state index contributed by atoms with van der Waals surface area (Å²) in [5.74, 6) is -0.770. The number of carboxylic acids is 1. The number of benzene rings is 1. The van der Waals surface area contributed by atoms with E-state index in [9.17, 15) is 4.79 Å². The van der Waals surface area contributed by atoms with E-state index in [-0.39, 0.29) is 12.5 Å². The number of para-hydroxylation sites is 1. The normalized spacial score (nSPS) is 20.5. The van der Waals surface area contributed by atoms with Crippen LogP contribution in [0.15, 0.2) is 24.3 Å². The van der Waals surface area contributed by atoms with Gasteiger partial charge in [0.15, 0.2) is 0 Å². The fraction of sp³-hybridized carbons (Fsp3) is 0.462. The zero-order valence-corrected chi connectivity index (χ0v) is 10.9. The molecule has 1 aromatic carbocycles. The van der Waals surface area contributed by atoms with Crippen LogP contribution in [0.3, 0.4) is 0 Å². The summed E-state index contributed by atoms with van der Waals surface area (Å²) in [6.07, 6.45) is 1.13. The van der Waals surface area contributed by atoms with Crippen LogP contribution in [0.25, 0.3) is 0 Å². The van der Waals surface area contributed by atoms with Crippen molar-refractivity contribution < 1.29 is 9.90 Å². The molecule has 2 rings (SSSR count). The van der Waals surface area contributed by atoms with Crippen molar-refractivity contribution in [3.63, 3.8) is 0 Å². The number of carbonyl (C=O) groups is 1. The molecule has 0 radical (unpaired) electrons. The topological polar surface area (TPSA) is 52.6 Å². The average molecular weight is 269 g/mol. The summed E-state index contributed by atoms with van der Waals surface area (Å²) in [6, 6.07) is 7.66. The van der Waals surface area contributed by atoms with Gasteiger partial charge in [-0.2, -0.15) is 0 Å². The number of carboxylic acid groups (broad SMARTS) is 1. The highest BCUT2D eigenvalue weighted by molar-refractivity contribution is 6.33. The van der Waals surface area contributed by atoms with Crippen molar-refractivity contribution in [3.05, 3.63) is 29.3 Å². The molecule has 1 unspecified atom stereocenters. The number of nitrogens with zero attached hydrogens (tertiary/aromatic N) is 1. The Kier molecular flexibility index (Phi) is 4.44. The molecule has 0 aliphatic carbocycles. The molecule has 0 aromatic heterocycles. The van der Waals surface area contributed by atoms with E-state index in [2.05, 4.69) is 10.2 Å². The minimum atomic E-state index is -0.770. The van der Waals surface area contributed by atoms with Gasteiger partial charge in [-0.05, 0) is 25.1 Å². The summed E-state index contributed by atoms with van der Waals surface area (Å²) in [5, 5.41) is 12.9. The third kappa shape index (κ3) is 3.37. The Morgan fingerprint density at radius 3 is 3.00 bits per heavy atom. The zero-order chi connectivity index (χ0) is 13.0. The summed E-state index contributed by atoms with van der Waals surface area (Å²) in [5.41, 5.74) is 0.984. The van der Waals surface area contributed by atoms with Gasteiger partial charge >= 0.3 is 5.97 Å². The van der Waals surface area contributed by atoms with Crippen LogP contribution < -0.4 is 10.2 Å². The van der Waals surface area contributed by atoms with Crippen LogP contribution in [0, 0.1) is 0 Å². The van der Waals surface area contributed by atoms with Gasteiger partial charge in [-0.25, -0.2) is 0 Å². The summed E-state index contributed by atoms with van der Waals surface area (Å²) < 4.78 is 0. The third-order valence-corrected chi connectivity index (χ3v) is 3.41. The van der Waals surface area contributed by atoms with Crippen LogP contribution in [0.2, 0.25) is 5.02 Å². The molecule has 0 spiro atoms. The molecule has 1 aliphatic heterocycles. The van der Waals surface area contributed by atoms with Crippen molar-refractivity contribution in [2.24, 2.45) is 0 Å². The molecule has 1 atom stereocenters. The monoisotopic (exact) mass is 268 g/mol. The Labute approximate surface area is 112 Å². The minimum absolute atomic E-state index is 0.0266. The first-order valence-corrected chi connectivity index (χ1v) is 6.49. The van der Waals surface area contributed by atoms with Crippen molar-refractivity contribution in [1.82, 2.24) is 5.32 Å². The number of aliphatic carboxylic acids is 1. The maximum absolute atomic E-state index is 10.8. The molecule has 4 nitrogen and oxygen atoms in total. The Hall–Kier alpha value is -1.26. The van der Waals surface area contributed by atoms with Crippen LogP contribution in [-0.4, -0.2) is 36.8 Å². The molecule has 0 amide bonds. The van der Waals surface area contributed by atoms with Gasteiger partial charge in [-0.3, -0.25) is 4.79 Å². The molecule has 0 bridgehead atoms. The molecule has 1 heterocycles. The molecule has 1 fully saturated rings. The van der Waals surface area contributed by atoms with Crippen LogP contribution in [-0.2, 0) is 4.79 Å². The fourth-order valence-electron chi connectivity index (χ4n) is 2.27. The minimum Gasteiger partial charge on any atom is -0.481 e. The van der Waals surface area contributed by atoms with Gasteiger partial charge in [0.25, 0.3) is 0 Å². The number of hydrogen-bond acceptors (Lipinski definition) is 3. The van der Waals surface area contributed by atoms with Crippen LogP contribution in [0.4, 0.5) is 5.69 Å². The van der Waals surface area contributed by atoms with E-state index in [4.69, 9.17) is 16.7 Å². The molecule has 1 saturated heterocycles. The molecule has 18 heavy (non-hydrogen) atoms. The number of halogens is 1. The predicted octanol–water partition coefficient (Wildman–Crippen LogP) is 1.98. The number of anilines is 1. The van der Waals surface area contributed by atoms with Gasteiger partial charge in [0, 0.05) is 19.1 Å². The highest BCUT2D eigenvalue weighted by Crippen LogP contribution is 2.26. The standard InChI is InChI=1S/C13H17ClN2O2/c14-11-4-1-2-5-12(11)16-7-3-6-15-10(9-16)8-13(17)18/h1-2,4-5,10,15H,3,6-9H2,(H,17,18). The average Bonchev–Trinajstić information content (AvgIpc) is 2.54. The van der Waals surface area contributed by atoms with Gasteiger partial charge in [0.05, 0.1) is 17.1 Å². The summed E-state index contributed by atoms with van der Waals surface area (Å²) >= 11 is 6.19. The molecule has 2 N–H and O–H groups in total. The zero-order valence-electron chi connectivity index (χ0n) is 10.1.